The van der Waals surface area contributed by atoms with E-state index in [1.54, 1.807) is 19.1 Å². The van der Waals surface area contributed by atoms with Crippen molar-refractivity contribution in [2.75, 3.05) is 14.2 Å². The summed E-state index contributed by atoms with van der Waals surface area (Å²) >= 11 is 0. The first-order chi connectivity index (χ1) is 20.8. The van der Waals surface area contributed by atoms with E-state index in [-0.39, 0.29) is 41.9 Å². The second-order valence-electron chi connectivity index (χ2n) is 11.9. The molecule has 0 amide bonds. The molecule has 0 saturated heterocycles. The van der Waals surface area contributed by atoms with Crippen LogP contribution >= 0.6 is 0 Å². The van der Waals surface area contributed by atoms with Crippen molar-refractivity contribution >= 4 is 45.6 Å². The second-order valence-corrected chi connectivity index (χ2v) is 11.9. The van der Waals surface area contributed by atoms with E-state index in [4.69, 9.17) is 19.4 Å². The standard InChI is InChI=1S/C34H38N4O6/c1-9-20-16(2)21-13-25-30(19(5)39)17(3)23(36-25)14-27-32(41)34(6,11-10-29(40)43-7)28(38-27)15-26-31(33(42)44-8)18(4)22(37-26)12-24(20)35-21/h12-16,20,36-37H,9-11H2,1-8H3/t16-,20-,34-/m1/s1. The Morgan fingerprint density at radius 1 is 0.886 bits per heavy atom. The Morgan fingerprint density at radius 3 is 2.11 bits per heavy atom. The fourth-order valence-corrected chi connectivity index (χ4v) is 6.52. The number of H-pyrrole nitrogens is 2. The number of rotatable bonds is 6. The number of hydrogen-bond acceptors (Lipinski definition) is 8. The van der Waals surface area contributed by atoms with Gasteiger partial charge in [0.05, 0.1) is 41.9 Å². The minimum atomic E-state index is -1.19. The van der Waals surface area contributed by atoms with Crippen molar-refractivity contribution in [3.05, 3.63) is 69.3 Å². The molecule has 44 heavy (non-hydrogen) atoms. The maximum absolute atomic E-state index is 14.1. The number of ether oxygens (including phenoxy) is 2. The quantitative estimate of drug-likeness (QED) is 0.248. The van der Waals surface area contributed by atoms with Gasteiger partial charge in [0.2, 0.25) is 0 Å². The number of aryl methyl sites for hydroxylation is 2. The molecule has 0 unspecified atom stereocenters. The number of carbonyl (C=O) groups excluding carboxylic acids is 4. The number of nitrogens with one attached hydrogen (secondary N) is 2. The van der Waals surface area contributed by atoms with Crippen LogP contribution in [-0.4, -0.2) is 57.7 Å². The van der Waals surface area contributed by atoms with Crippen molar-refractivity contribution in [3.63, 3.8) is 0 Å². The van der Waals surface area contributed by atoms with E-state index >= 15 is 0 Å². The highest BCUT2D eigenvalue weighted by Crippen LogP contribution is 2.40. The maximum atomic E-state index is 14.1. The number of methoxy groups -OCH3 is 2. The van der Waals surface area contributed by atoms with Crippen LogP contribution < -0.4 is 0 Å². The number of esters is 2. The first-order valence-corrected chi connectivity index (χ1v) is 14.8. The molecule has 2 N–H and O–H groups in total. The molecule has 0 fully saturated rings. The van der Waals surface area contributed by atoms with Crippen LogP contribution in [0, 0.1) is 13.8 Å². The Kier molecular flexibility index (Phi) is 8.05. The Balaban J connectivity index is 1.96. The van der Waals surface area contributed by atoms with Crippen LogP contribution in [0.4, 0.5) is 0 Å². The Morgan fingerprint density at radius 2 is 1.50 bits per heavy atom. The number of nitrogens with zero attached hydrogens (tertiary/aromatic N) is 2. The van der Waals surface area contributed by atoms with Crippen molar-refractivity contribution in [3.8, 4) is 0 Å². The lowest BCUT2D eigenvalue weighted by Crippen LogP contribution is -2.29. The average Bonchev–Trinajstić information content (AvgIpc) is 3.64. The van der Waals surface area contributed by atoms with Gasteiger partial charge >= 0.3 is 11.9 Å². The number of Topliss-reactive ketones (excluding diaryl/α,β-unsaturated/α-hetero) is 2. The van der Waals surface area contributed by atoms with Gasteiger partial charge in [-0.2, -0.15) is 0 Å². The van der Waals surface area contributed by atoms with E-state index in [1.807, 2.05) is 26.0 Å². The highest BCUT2D eigenvalue weighted by atomic mass is 16.5. The first-order valence-electron chi connectivity index (χ1n) is 14.8. The Bertz CT molecular complexity index is 1880. The van der Waals surface area contributed by atoms with Gasteiger partial charge in [0.25, 0.3) is 0 Å². The molecular weight excluding hydrogens is 560 g/mol. The summed E-state index contributed by atoms with van der Waals surface area (Å²) in [5.74, 6) is -1.17. The molecule has 0 radical (unpaired) electrons. The van der Waals surface area contributed by atoms with Gasteiger partial charge in [-0.05, 0) is 75.9 Å². The van der Waals surface area contributed by atoms with Gasteiger partial charge in [0.1, 0.15) is 5.69 Å². The first kappa shape index (κ1) is 30.8. The lowest BCUT2D eigenvalue weighted by molar-refractivity contribution is -0.140. The molecule has 230 valence electrons. The summed E-state index contributed by atoms with van der Waals surface area (Å²) in [5, 5.41) is 0. The number of fused-ring (bicyclic) bond motifs is 8. The van der Waals surface area contributed by atoms with Gasteiger partial charge in [-0.25, -0.2) is 9.78 Å². The summed E-state index contributed by atoms with van der Waals surface area (Å²) in [6.45, 7) is 11.2. The summed E-state index contributed by atoms with van der Waals surface area (Å²) in [4.78, 5) is 68.6. The molecule has 3 aromatic heterocycles. The second kappa shape index (κ2) is 11.5. The van der Waals surface area contributed by atoms with Crippen molar-refractivity contribution in [1.29, 1.82) is 0 Å². The van der Waals surface area contributed by atoms with E-state index in [0.29, 0.717) is 50.0 Å². The average molecular weight is 599 g/mol. The molecule has 0 aliphatic carbocycles. The Labute approximate surface area is 255 Å². The molecule has 2 aliphatic rings. The molecule has 8 bridgehead atoms. The Hall–Kier alpha value is -4.60. The zero-order valence-electron chi connectivity index (χ0n) is 26.4. The zero-order valence-corrected chi connectivity index (χ0v) is 26.4. The van der Waals surface area contributed by atoms with Gasteiger partial charge in [-0.1, -0.05) is 13.8 Å². The third-order valence-corrected chi connectivity index (χ3v) is 9.27. The topological polar surface area (TPSA) is 144 Å². The van der Waals surface area contributed by atoms with Crippen LogP contribution in [0.5, 0.6) is 0 Å². The third-order valence-electron chi connectivity index (χ3n) is 9.27. The lowest BCUT2D eigenvalue weighted by atomic mass is 9.79. The lowest BCUT2D eigenvalue weighted by Gasteiger charge is -2.21. The fraction of sp³-hybridized carbons (Fsp3) is 0.412. The van der Waals surface area contributed by atoms with Crippen LogP contribution in [0.25, 0.3) is 22.1 Å². The van der Waals surface area contributed by atoms with E-state index in [9.17, 15) is 19.2 Å². The molecule has 10 nitrogen and oxygen atoms in total. The van der Waals surface area contributed by atoms with Gasteiger partial charge < -0.3 is 19.4 Å². The normalized spacial score (nSPS) is 19.6. The number of aromatic nitrogens is 4. The predicted molar refractivity (Wildman–Crippen MR) is 166 cm³/mol. The summed E-state index contributed by atoms with van der Waals surface area (Å²) in [6, 6.07) is 7.21. The summed E-state index contributed by atoms with van der Waals surface area (Å²) < 4.78 is 10.0. The number of ketones is 2. The zero-order chi connectivity index (χ0) is 32.1. The largest absolute Gasteiger partial charge is 0.469 e. The maximum Gasteiger partial charge on any atom is 0.340 e. The van der Waals surface area contributed by atoms with Crippen molar-refractivity contribution in [2.45, 2.75) is 78.1 Å². The van der Waals surface area contributed by atoms with E-state index in [1.165, 1.54) is 21.1 Å². The molecule has 5 heterocycles. The van der Waals surface area contributed by atoms with Gasteiger partial charge in [-0.3, -0.25) is 19.4 Å². The third kappa shape index (κ3) is 5.02. The van der Waals surface area contributed by atoms with Crippen LogP contribution in [0.2, 0.25) is 0 Å². The van der Waals surface area contributed by atoms with E-state index < -0.39 is 17.4 Å². The highest BCUT2D eigenvalue weighted by Gasteiger charge is 2.43. The van der Waals surface area contributed by atoms with E-state index in [2.05, 4.69) is 23.8 Å². The number of carbonyl (C=O) groups is 4. The van der Waals surface area contributed by atoms with Crippen LogP contribution in [0.1, 0.15) is 118 Å². The highest BCUT2D eigenvalue weighted by molar-refractivity contribution is 6.08. The summed E-state index contributed by atoms with van der Waals surface area (Å²) in [6.07, 6.45) is 0.980. The predicted octanol–water partition coefficient (Wildman–Crippen LogP) is 6.31. The summed E-state index contributed by atoms with van der Waals surface area (Å²) in [5.41, 5.74) is 5.63. The summed E-state index contributed by atoms with van der Waals surface area (Å²) in [7, 11) is 2.63. The van der Waals surface area contributed by atoms with Crippen LogP contribution in [0.15, 0.2) is 24.3 Å². The molecule has 3 atom stereocenters. The fourth-order valence-electron chi connectivity index (χ4n) is 6.52. The molecule has 5 rings (SSSR count). The molecule has 0 saturated carbocycles. The van der Waals surface area contributed by atoms with Gasteiger partial charge in [0, 0.05) is 46.2 Å². The van der Waals surface area contributed by atoms with Crippen LogP contribution in [0.3, 0.4) is 0 Å². The van der Waals surface area contributed by atoms with Crippen molar-refractivity contribution in [1.82, 2.24) is 19.9 Å². The molecule has 2 aliphatic heterocycles. The molecular formula is C34H38N4O6. The molecule has 10 heteroatoms. The molecule has 0 spiro atoms. The monoisotopic (exact) mass is 598 g/mol. The smallest absolute Gasteiger partial charge is 0.340 e. The minimum Gasteiger partial charge on any atom is -0.469 e. The SMILES string of the molecule is CC[C@H]1c2cc3[nH]c(cc4nc(cc5[nH]c(cc(n2)[C@@H]1C)c(C(C)=O)c5C)C(=O)[C@]4(C)CCC(=O)OC)c(C(=O)OC)c3C. The van der Waals surface area contributed by atoms with Gasteiger partial charge in [0.15, 0.2) is 11.6 Å². The van der Waals surface area contributed by atoms with E-state index in [0.717, 1.165) is 17.8 Å². The molecule has 0 aromatic carbocycles. The van der Waals surface area contributed by atoms with Crippen molar-refractivity contribution < 1.29 is 28.7 Å². The van der Waals surface area contributed by atoms with Gasteiger partial charge in [-0.15, -0.1) is 0 Å². The number of hydrogen-bond donors (Lipinski definition) is 2. The molecule has 3 aromatic rings. The van der Waals surface area contributed by atoms with Crippen LogP contribution in [-0.2, 0) is 19.7 Å². The number of aromatic amines is 2. The minimum absolute atomic E-state index is 0.00430. The van der Waals surface area contributed by atoms with Crippen molar-refractivity contribution in [2.24, 2.45) is 0 Å².